The van der Waals surface area contributed by atoms with E-state index in [1.54, 1.807) is 13.8 Å². The second kappa shape index (κ2) is 5.32. The van der Waals surface area contributed by atoms with E-state index in [4.69, 9.17) is 5.14 Å². The minimum Gasteiger partial charge on any atom is -0.326 e. The largest absolute Gasteiger partial charge is 0.326 e. The Morgan fingerprint density at radius 2 is 2.06 bits per heavy atom. The molecule has 1 rings (SSSR count). The molecule has 1 aromatic rings. The zero-order valence-corrected chi connectivity index (χ0v) is 11.2. The van der Waals surface area contributed by atoms with E-state index in [0.29, 0.717) is 5.69 Å². The number of hydrogen-bond donors (Lipinski definition) is 2. The van der Waals surface area contributed by atoms with Crippen molar-refractivity contribution in [1.29, 1.82) is 0 Å². The molecule has 0 saturated carbocycles. The number of carbonyl (C=O) groups is 1. The number of anilines is 1. The number of amides is 1. The van der Waals surface area contributed by atoms with Gasteiger partial charge >= 0.3 is 0 Å². The molecule has 0 aliphatic carbocycles. The molecule has 18 heavy (non-hydrogen) atoms. The number of primary sulfonamides is 1. The molecule has 6 heteroatoms. The number of aryl methyl sites for hydroxylation is 1. The maximum atomic E-state index is 11.5. The fourth-order valence-corrected chi connectivity index (χ4v) is 2.08. The molecule has 0 aliphatic heterocycles. The fourth-order valence-electron chi connectivity index (χ4n) is 1.45. The van der Waals surface area contributed by atoms with Crippen molar-refractivity contribution < 1.29 is 13.2 Å². The number of nitrogens with two attached hydrogens (primary N) is 1. The van der Waals surface area contributed by atoms with Crippen LogP contribution in [0, 0.1) is 13.8 Å². The van der Waals surface area contributed by atoms with Crippen LogP contribution in [0.4, 0.5) is 5.69 Å². The number of benzene rings is 1. The molecular weight excluding hydrogens is 252 g/mol. The SMILES string of the molecule is C=CCC(=O)Nc1cc(S(N)(=O)=O)cc(C)c1C. The molecule has 0 radical (unpaired) electrons. The van der Waals surface area contributed by atoms with Gasteiger partial charge in [-0.2, -0.15) is 0 Å². The zero-order chi connectivity index (χ0) is 13.9. The third-order valence-electron chi connectivity index (χ3n) is 2.57. The number of sulfonamides is 1. The minimum absolute atomic E-state index is 0.0143. The Balaban J connectivity index is 3.23. The Hall–Kier alpha value is -1.66. The summed E-state index contributed by atoms with van der Waals surface area (Å²) in [4.78, 5) is 11.5. The normalized spacial score (nSPS) is 11.1. The van der Waals surface area contributed by atoms with Crippen LogP contribution in [-0.4, -0.2) is 14.3 Å². The van der Waals surface area contributed by atoms with E-state index < -0.39 is 10.0 Å². The van der Waals surface area contributed by atoms with Crippen LogP contribution in [0.5, 0.6) is 0 Å². The molecule has 0 atom stereocenters. The molecular formula is C12H16N2O3S. The number of nitrogens with one attached hydrogen (secondary N) is 1. The first kappa shape index (κ1) is 14.4. The lowest BCUT2D eigenvalue weighted by molar-refractivity contribution is -0.115. The molecule has 0 heterocycles. The van der Waals surface area contributed by atoms with Crippen LogP contribution in [0.25, 0.3) is 0 Å². The molecule has 0 fully saturated rings. The van der Waals surface area contributed by atoms with Gasteiger partial charge in [-0.1, -0.05) is 6.08 Å². The monoisotopic (exact) mass is 268 g/mol. The fraction of sp³-hybridized carbons (Fsp3) is 0.250. The van der Waals surface area contributed by atoms with E-state index in [0.717, 1.165) is 11.1 Å². The smallest absolute Gasteiger partial charge is 0.238 e. The van der Waals surface area contributed by atoms with Gasteiger partial charge in [-0.05, 0) is 37.1 Å². The van der Waals surface area contributed by atoms with Gasteiger partial charge < -0.3 is 5.32 Å². The third-order valence-corrected chi connectivity index (χ3v) is 3.47. The van der Waals surface area contributed by atoms with E-state index in [9.17, 15) is 13.2 Å². The molecule has 3 N–H and O–H groups in total. The van der Waals surface area contributed by atoms with E-state index >= 15 is 0 Å². The summed E-state index contributed by atoms with van der Waals surface area (Å²) in [7, 11) is -3.78. The summed E-state index contributed by atoms with van der Waals surface area (Å²) in [5.41, 5.74) is 2.00. The topological polar surface area (TPSA) is 89.3 Å². The first-order valence-corrected chi connectivity index (χ1v) is 6.85. The first-order chi connectivity index (χ1) is 8.25. The molecule has 1 aromatic carbocycles. The third kappa shape index (κ3) is 3.41. The van der Waals surface area contributed by atoms with Gasteiger partial charge in [0.15, 0.2) is 0 Å². The predicted octanol–water partition coefficient (Wildman–Crippen LogP) is 1.47. The molecule has 98 valence electrons. The van der Waals surface area contributed by atoms with Crippen molar-refractivity contribution in [3.05, 3.63) is 35.9 Å². The molecule has 0 bridgehead atoms. The van der Waals surface area contributed by atoms with Crippen LogP contribution in [0.2, 0.25) is 0 Å². The van der Waals surface area contributed by atoms with Crippen molar-refractivity contribution in [2.45, 2.75) is 25.2 Å². The van der Waals surface area contributed by atoms with E-state index in [1.165, 1.54) is 18.2 Å². The van der Waals surface area contributed by atoms with Crippen LogP contribution >= 0.6 is 0 Å². The Morgan fingerprint density at radius 3 is 2.56 bits per heavy atom. The van der Waals surface area contributed by atoms with Crippen molar-refractivity contribution in [2.75, 3.05) is 5.32 Å². The van der Waals surface area contributed by atoms with Gasteiger partial charge in [-0.15, -0.1) is 6.58 Å². The number of rotatable bonds is 4. The van der Waals surface area contributed by atoms with E-state index in [2.05, 4.69) is 11.9 Å². The Kier molecular flexibility index (Phi) is 4.26. The molecule has 5 nitrogen and oxygen atoms in total. The lowest BCUT2D eigenvalue weighted by atomic mass is 10.1. The highest BCUT2D eigenvalue weighted by Crippen LogP contribution is 2.23. The highest BCUT2D eigenvalue weighted by atomic mass is 32.2. The van der Waals surface area contributed by atoms with E-state index in [-0.39, 0.29) is 17.2 Å². The molecule has 0 spiro atoms. The molecule has 1 amide bonds. The van der Waals surface area contributed by atoms with Gasteiger partial charge in [-0.3, -0.25) is 4.79 Å². The second-order valence-electron chi connectivity index (χ2n) is 4.00. The molecule has 0 aliphatic rings. The number of hydrogen-bond acceptors (Lipinski definition) is 3. The van der Waals surface area contributed by atoms with Crippen LogP contribution in [0.15, 0.2) is 29.7 Å². The summed E-state index contributed by atoms with van der Waals surface area (Å²) in [6, 6.07) is 2.84. The lowest BCUT2D eigenvalue weighted by Gasteiger charge is -2.12. The molecule has 0 saturated heterocycles. The summed E-state index contributed by atoms with van der Waals surface area (Å²) in [5, 5.41) is 7.71. The quantitative estimate of drug-likeness (QED) is 0.810. The highest BCUT2D eigenvalue weighted by Gasteiger charge is 2.13. The van der Waals surface area contributed by atoms with Gasteiger partial charge in [0.25, 0.3) is 0 Å². The van der Waals surface area contributed by atoms with Crippen LogP contribution in [-0.2, 0) is 14.8 Å². The standard InChI is InChI=1S/C12H16N2O3S/c1-4-5-12(15)14-11-7-10(18(13,16)17)6-8(2)9(11)3/h4,6-7H,1,5H2,2-3H3,(H,14,15)(H2,13,16,17). The minimum atomic E-state index is -3.78. The highest BCUT2D eigenvalue weighted by molar-refractivity contribution is 7.89. The van der Waals surface area contributed by atoms with Crippen molar-refractivity contribution in [3.8, 4) is 0 Å². The molecule has 0 aromatic heterocycles. The maximum absolute atomic E-state index is 11.5. The predicted molar refractivity (Wildman–Crippen MR) is 70.7 cm³/mol. The van der Waals surface area contributed by atoms with E-state index in [1.807, 2.05) is 0 Å². The first-order valence-electron chi connectivity index (χ1n) is 5.30. The number of carbonyl (C=O) groups excluding carboxylic acids is 1. The van der Waals surface area contributed by atoms with Gasteiger partial charge in [0, 0.05) is 12.1 Å². The summed E-state index contributed by atoms with van der Waals surface area (Å²) >= 11 is 0. The van der Waals surface area contributed by atoms with Gasteiger partial charge in [0.05, 0.1) is 4.90 Å². The van der Waals surface area contributed by atoms with Gasteiger partial charge in [0.1, 0.15) is 0 Å². The zero-order valence-electron chi connectivity index (χ0n) is 10.4. The summed E-state index contributed by atoms with van der Waals surface area (Å²) < 4.78 is 22.6. The van der Waals surface area contributed by atoms with Crippen molar-refractivity contribution in [1.82, 2.24) is 0 Å². The summed E-state index contributed by atoms with van der Waals surface area (Å²) in [5.74, 6) is -0.251. The summed E-state index contributed by atoms with van der Waals surface area (Å²) in [6.45, 7) is 7.02. The average Bonchev–Trinajstić information content (AvgIpc) is 2.23. The lowest BCUT2D eigenvalue weighted by Crippen LogP contribution is -2.15. The van der Waals surface area contributed by atoms with Crippen molar-refractivity contribution >= 4 is 21.6 Å². The van der Waals surface area contributed by atoms with Crippen LogP contribution in [0.3, 0.4) is 0 Å². The van der Waals surface area contributed by atoms with Gasteiger partial charge in [0.2, 0.25) is 15.9 Å². The Morgan fingerprint density at radius 1 is 1.44 bits per heavy atom. The average molecular weight is 268 g/mol. The molecule has 0 unspecified atom stereocenters. The van der Waals surface area contributed by atoms with Crippen molar-refractivity contribution in [3.63, 3.8) is 0 Å². The van der Waals surface area contributed by atoms with Crippen LogP contribution < -0.4 is 10.5 Å². The van der Waals surface area contributed by atoms with Crippen molar-refractivity contribution in [2.24, 2.45) is 5.14 Å². The van der Waals surface area contributed by atoms with Crippen LogP contribution in [0.1, 0.15) is 17.5 Å². The summed E-state index contributed by atoms with van der Waals surface area (Å²) in [6.07, 6.45) is 1.64. The van der Waals surface area contributed by atoms with Gasteiger partial charge in [-0.25, -0.2) is 13.6 Å². The second-order valence-corrected chi connectivity index (χ2v) is 5.56. The maximum Gasteiger partial charge on any atom is 0.238 e. The Bertz CT molecular complexity index is 592. The Labute approximate surface area is 107 Å².